The molecule has 0 spiro atoms. The molecule has 2 heteroatoms. The Morgan fingerprint density at radius 3 is 2.24 bits per heavy atom. The Balaban J connectivity index is 2.04. The summed E-state index contributed by atoms with van der Waals surface area (Å²) in [5.74, 6) is -0.176. The first kappa shape index (κ1) is 13.5. The lowest BCUT2D eigenvalue weighted by atomic mass is 9.99. The van der Waals surface area contributed by atoms with Gasteiger partial charge in [-0.3, -0.25) is 4.98 Å². The van der Waals surface area contributed by atoms with Crippen LogP contribution >= 0.6 is 0 Å². The second kappa shape index (κ2) is 5.49. The van der Waals surface area contributed by atoms with E-state index in [0.717, 1.165) is 27.9 Å². The van der Waals surface area contributed by atoms with Gasteiger partial charge in [0.15, 0.2) is 0 Å². The van der Waals surface area contributed by atoms with Gasteiger partial charge in [-0.25, -0.2) is 4.39 Å². The number of aryl methyl sites for hydroxylation is 2. The standard InChI is InChI=1S/C19H16FN/c1-13-11-19(15-6-4-3-5-7-15)21-12-17(13)16-8-9-18(20)14(2)10-16/h3-12H,1-2H3. The van der Waals surface area contributed by atoms with E-state index in [1.165, 1.54) is 6.07 Å². The third-order valence-electron chi connectivity index (χ3n) is 3.65. The van der Waals surface area contributed by atoms with Crippen molar-refractivity contribution in [3.8, 4) is 22.4 Å². The number of rotatable bonds is 2. The SMILES string of the molecule is Cc1cc(-c2cnc(-c3ccccc3)cc2C)ccc1F. The fourth-order valence-corrected chi connectivity index (χ4v) is 2.44. The van der Waals surface area contributed by atoms with E-state index in [4.69, 9.17) is 0 Å². The van der Waals surface area contributed by atoms with Crippen molar-refractivity contribution in [2.75, 3.05) is 0 Å². The Bertz CT molecular complexity index is 779. The molecule has 3 rings (SSSR count). The highest BCUT2D eigenvalue weighted by Gasteiger charge is 2.07. The zero-order valence-electron chi connectivity index (χ0n) is 12.1. The van der Waals surface area contributed by atoms with E-state index in [2.05, 4.69) is 18.0 Å². The van der Waals surface area contributed by atoms with Crippen LogP contribution in [-0.2, 0) is 0 Å². The maximum absolute atomic E-state index is 13.4. The second-order valence-corrected chi connectivity index (χ2v) is 5.21. The molecule has 0 aliphatic rings. The van der Waals surface area contributed by atoms with Crippen molar-refractivity contribution in [2.24, 2.45) is 0 Å². The monoisotopic (exact) mass is 277 g/mol. The number of halogens is 1. The van der Waals surface area contributed by atoms with Crippen molar-refractivity contribution in [3.63, 3.8) is 0 Å². The summed E-state index contributed by atoms with van der Waals surface area (Å²) in [4.78, 5) is 4.54. The summed E-state index contributed by atoms with van der Waals surface area (Å²) >= 11 is 0. The van der Waals surface area contributed by atoms with Gasteiger partial charge in [0.25, 0.3) is 0 Å². The Kier molecular flexibility index (Phi) is 3.53. The average Bonchev–Trinajstić information content (AvgIpc) is 2.51. The fourth-order valence-electron chi connectivity index (χ4n) is 2.44. The predicted molar refractivity (Wildman–Crippen MR) is 84.5 cm³/mol. The molecule has 1 nitrogen and oxygen atoms in total. The van der Waals surface area contributed by atoms with Gasteiger partial charge in [0.05, 0.1) is 5.69 Å². The Morgan fingerprint density at radius 1 is 0.810 bits per heavy atom. The molecule has 2 aromatic carbocycles. The number of benzene rings is 2. The Morgan fingerprint density at radius 2 is 1.57 bits per heavy atom. The summed E-state index contributed by atoms with van der Waals surface area (Å²) in [6, 6.07) is 17.3. The molecule has 1 heterocycles. The van der Waals surface area contributed by atoms with Gasteiger partial charge >= 0.3 is 0 Å². The quantitative estimate of drug-likeness (QED) is 0.629. The van der Waals surface area contributed by atoms with E-state index in [-0.39, 0.29) is 5.82 Å². The number of pyridine rings is 1. The zero-order chi connectivity index (χ0) is 14.8. The lowest BCUT2D eigenvalue weighted by Crippen LogP contribution is -1.91. The highest BCUT2D eigenvalue weighted by molar-refractivity contribution is 5.70. The van der Waals surface area contributed by atoms with Crippen molar-refractivity contribution >= 4 is 0 Å². The summed E-state index contributed by atoms with van der Waals surface area (Å²) in [5.41, 5.74) is 5.88. The fraction of sp³-hybridized carbons (Fsp3) is 0.105. The minimum Gasteiger partial charge on any atom is -0.256 e. The number of aromatic nitrogens is 1. The first-order chi connectivity index (χ1) is 10.1. The number of hydrogen-bond acceptors (Lipinski definition) is 1. The molecule has 0 atom stereocenters. The van der Waals surface area contributed by atoms with Crippen LogP contribution < -0.4 is 0 Å². The van der Waals surface area contributed by atoms with Gasteiger partial charge < -0.3 is 0 Å². The molecule has 0 amide bonds. The van der Waals surface area contributed by atoms with E-state index >= 15 is 0 Å². The van der Waals surface area contributed by atoms with Crippen LogP contribution in [-0.4, -0.2) is 4.98 Å². The van der Waals surface area contributed by atoms with Gasteiger partial charge in [0.1, 0.15) is 5.82 Å². The molecule has 0 saturated heterocycles. The molecule has 1 aromatic heterocycles. The summed E-state index contributed by atoms with van der Waals surface area (Å²) < 4.78 is 13.4. The van der Waals surface area contributed by atoms with Crippen LogP contribution in [0.2, 0.25) is 0 Å². The van der Waals surface area contributed by atoms with Crippen molar-refractivity contribution < 1.29 is 4.39 Å². The maximum atomic E-state index is 13.4. The van der Waals surface area contributed by atoms with Crippen molar-refractivity contribution in [1.29, 1.82) is 0 Å². The Labute approximate surface area is 124 Å². The highest BCUT2D eigenvalue weighted by Crippen LogP contribution is 2.27. The molecule has 0 bridgehead atoms. The first-order valence-electron chi connectivity index (χ1n) is 6.94. The van der Waals surface area contributed by atoms with Gasteiger partial charge in [-0.05, 0) is 48.7 Å². The largest absolute Gasteiger partial charge is 0.256 e. The molecular weight excluding hydrogens is 261 g/mol. The van der Waals surface area contributed by atoms with Crippen LogP contribution in [0.5, 0.6) is 0 Å². The molecule has 0 unspecified atom stereocenters. The normalized spacial score (nSPS) is 10.6. The molecular formula is C19H16FN. The molecule has 21 heavy (non-hydrogen) atoms. The van der Waals surface area contributed by atoms with E-state index in [0.29, 0.717) is 5.56 Å². The topological polar surface area (TPSA) is 12.9 Å². The third-order valence-corrected chi connectivity index (χ3v) is 3.65. The van der Waals surface area contributed by atoms with E-state index in [1.54, 1.807) is 13.0 Å². The highest BCUT2D eigenvalue weighted by atomic mass is 19.1. The van der Waals surface area contributed by atoms with Crippen LogP contribution in [0.15, 0.2) is 60.8 Å². The third kappa shape index (κ3) is 2.70. The van der Waals surface area contributed by atoms with Gasteiger partial charge in [0.2, 0.25) is 0 Å². The molecule has 3 aromatic rings. The van der Waals surface area contributed by atoms with E-state index in [1.807, 2.05) is 42.6 Å². The molecule has 0 N–H and O–H groups in total. The summed E-state index contributed by atoms with van der Waals surface area (Å²) in [6.45, 7) is 3.84. The summed E-state index contributed by atoms with van der Waals surface area (Å²) in [7, 11) is 0. The Hall–Kier alpha value is -2.48. The molecule has 104 valence electrons. The summed E-state index contributed by atoms with van der Waals surface area (Å²) in [6.07, 6.45) is 1.87. The van der Waals surface area contributed by atoms with Crippen LogP contribution in [0, 0.1) is 19.7 Å². The molecule has 0 radical (unpaired) electrons. The van der Waals surface area contributed by atoms with Crippen molar-refractivity contribution in [1.82, 2.24) is 4.98 Å². The first-order valence-corrected chi connectivity index (χ1v) is 6.94. The average molecular weight is 277 g/mol. The lowest BCUT2D eigenvalue weighted by Gasteiger charge is -2.09. The number of nitrogens with zero attached hydrogens (tertiary/aromatic N) is 1. The lowest BCUT2D eigenvalue weighted by molar-refractivity contribution is 0.619. The smallest absolute Gasteiger partial charge is 0.126 e. The molecule has 0 saturated carbocycles. The van der Waals surface area contributed by atoms with Crippen LogP contribution in [0.3, 0.4) is 0 Å². The van der Waals surface area contributed by atoms with Gasteiger partial charge in [-0.2, -0.15) is 0 Å². The van der Waals surface area contributed by atoms with Crippen molar-refractivity contribution in [3.05, 3.63) is 77.7 Å². The number of hydrogen-bond donors (Lipinski definition) is 0. The van der Waals surface area contributed by atoms with Crippen molar-refractivity contribution in [2.45, 2.75) is 13.8 Å². The van der Waals surface area contributed by atoms with Crippen LogP contribution in [0.1, 0.15) is 11.1 Å². The van der Waals surface area contributed by atoms with Crippen LogP contribution in [0.4, 0.5) is 4.39 Å². The van der Waals surface area contributed by atoms with E-state index in [9.17, 15) is 4.39 Å². The molecule has 0 aliphatic carbocycles. The van der Waals surface area contributed by atoms with E-state index < -0.39 is 0 Å². The van der Waals surface area contributed by atoms with Gasteiger partial charge in [-0.15, -0.1) is 0 Å². The molecule has 0 fully saturated rings. The van der Waals surface area contributed by atoms with Gasteiger partial charge in [0, 0.05) is 17.3 Å². The predicted octanol–water partition coefficient (Wildman–Crippen LogP) is 5.17. The summed E-state index contributed by atoms with van der Waals surface area (Å²) in [5, 5.41) is 0. The minimum atomic E-state index is -0.176. The minimum absolute atomic E-state index is 0.176. The zero-order valence-corrected chi connectivity index (χ0v) is 12.1. The molecule has 0 aliphatic heterocycles. The van der Waals surface area contributed by atoms with Gasteiger partial charge in [-0.1, -0.05) is 36.4 Å². The second-order valence-electron chi connectivity index (χ2n) is 5.21. The maximum Gasteiger partial charge on any atom is 0.126 e. The van der Waals surface area contributed by atoms with Crippen LogP contribution in [0.25, 0.3) is 22.4 Å².